The van der Waals surface area contributed by atoms with Crippen LogP contribution in [0, 0.1) is 10.1 Å². The second kappa shape index (κ2) is 8.88. The van der Waals surface area contributed by atoms with E-state index < -0.39 is 22.5 Å². The smallest absolute Gasteiger partial charge is 0.407 e. The number of hydrogen-bond acceptors (Lipinski definition) is 7. The summed E-state index contributed by atoms with van der Waals surface area (Å²) in [5, 5.41) is 16.7. The number of primary amides is 1. The fraction of sp³-hybridized carbons (Fsp3) is 0.500. The average Bonchev–Trinajstić information content (AvgIpc) is 2.51. The zero-order valence-corrected chi connectivity index (χ0v) is 15.3. The average molecular weight is 368 g/mol. The van der Waals surface area contributed by atoms with Gasteiger partial charge in [-0.2, -0.15) is 0 Å². The standard InChI is InChI=1S/C16H24N4O6/c1-16(2,3)26-15(22)19-7-5-6-18-13-11(20(23)24)8-10(14(17)21)9-12(13)25-4/h8-9,18H,5-7H2,1-4H3,(H2,17,21)(H,19,22). The fourth-order valence-corrected chi connectivity index (χ4v) is 2.03. The maximum Gasteiger partial charge on any atom is 0.407 e. The van der Waals surface area contributed by atoms with Crippen LogP contribution in [0.5, 0.6) is 5.75 Å². The van der Waals surface area contributed by atoms with Crippen LogP contribution in [-0.2, 0) is 4.74 Å². The molecule has 0 radical (unpaired) electrons. The molecule has 0 aromatic heterocycles. The van der Waals surface area contributed by atoms with Crippen molar-refractivity contribution in [2.75, 3.05) is 25.5 Å². The number of nitrogens with zero attached hydrogens (tertiary/aromatic N) is 1. The van der Waals surface area contributed by atoms with E-state index in [-0.39, 0.29) is 22.7 Å². The Kier molecular flexibility index (Phi) is 7.17. The molecule has 0 heterocycles. The highest BCUT2D eigenvalue weighted by atomic mass is 16.6. The Morgan fingerprint density at radius 3 is 2.42 bits per heavy atom. The SMILES string of the molecule is COc1cc(C(N)=O)cc([N+](=O)[O-])c1NCCCNC(=O)OC(C)(C)C. The Hall–Kier alpha value is -3.04. The molecule has 1 aromatic carbocycles. The van der Waals surface area contributed by atoms with Crippen molar-refractivity contribution >= 4 is 23.4 Å². The van der Waals surface area contributed by atoms with Crippen molar-refractivity contribution in [1.82, 2.24) is 5.32 Å². The number of ether oxygens (including phenoxy) is 2. The van der Waals surface area contributed by atoms with Crippen LogP contribution in [0.25, 0.3) is 0 Å². The number of alkyl carbamates (subject to hydrolysis) is 1. The normalized spacial score (nSPS) is 10.8. The van der Waals surface area contributed by atoms with Crippen molar-refractivity contribution in [3.63, 3.8) is 0 Å². The molecule has 4 N–H and O–H groups in total. The molecule has 0 spiro atoms. The zero-order valence-electron chi connectivity index (χ0n) is 15.3. The van der Waals surface area contributed by atoms with Crippen LogP contribution in [0.4, 0.5) is 16.2 Å². The minimum absolute atomic E-state index is 0.0225. The molecule has 0 unspecified atom stereocenters. The van der Waals surface area contributed by atoms with Gasteiger partial charge in [0.25, 0.3) is 5.69 Å². The second-order valence-electron chi connectivity index (χ2n) is 6.40. The number of rotatable bonds is 8. The van der Waals surface area contributed by atoms with Crippen molar-refractivity contribution in [2.45, 2.75) is 32.8 Å². The molecule has 0 aliphatic heterocycles. The largest absolute Gasteiger partial charge is 0.494 e. The first-order valence-corrected chi connectivity index (χ1v) is 7.92. The summed E-state index contributed by atoms with van der Waals surface area (Å²) < 4.78 is 10.2. The Bertz CT molecular complexity index is 684. The second-order valence-corrected chi connectivity index (χ2v) is 6.40. The van der Waals surface area contributed by atoms with E-state index >= 15 is 0 Å². The van der Waals surface area contributed by atoms with E-state index in [0.29, 0.717) is 19.5 Å². The summed E-state index contributed by atoms with van der Waals surface area (Å²) in [5.74, 6) is -0.660. The lowest BCUT2D eigenvalue weighted by Gasteiger charge is -2.19. The minimum Gasteiger partial charge on any atom is -0.494 e. The topological polar surface area (TPSA) is 146 Å². The van der Waals surface area contributed by atoms with E-state index in [1.54, 1.807) is 20.8 Å². The molecule has 0 saturated carbocycles. The predicted molar refractivity (Wildman–Crippen MR) is 95.5 cm³/mol. The summed E-state index contributed by atoms with van der Waals surface area (Å²) in [7, 11) is 1.33. The summed E-state index contributed by atoms with van der Waals surface area (Å²) >= 11 is 0. The molecular formula is C16H24N4O6. The number of nitro benzene ring substituents is 1. The highest BCUT2D eigenvalue weighted by Gasteiger charge is 2.22. The summed E-state index contributed by atoms with van der Waals surface area (Å²) in [6, 6.07) is 2.42. The number of carbonyl (C=O) groups excluding carboxylic acids is 2. The number of nitrogens with one attached hydrogen (secondary N) is 2. The highest BCUT2D eigenvalue weighted by Crippen LogP contribution is 2.35. The number of methoxy groups -OCH3 is 1. The van der Waals surface area contributed by atoms with E-state index in [1.165, 1.54) is 13.2 Å². The Balaban J connectivity index is 2.71. The first kappa shape index (κ1) is 21.0. The van der Waals surface area contributed by atoms with Crippen LogP contribution in [0.3, 0.4) is 0 Å². The van der Waals surface area contributed by atoms with Crippen LogP contribution < -0.4 is 21.1 Å². The molecule has 144 valence electrons. The summed E-state index contributed by atoms with van der Waals surface area (Å²) in [5.41, 5.74) is 4.39. The summed E-state index contributed by atoms with van der Waals surface area (Å²) in [6.45, 7) is 5.92. The molecular weight excluding hydrogens is 344 g/mol. The van der Waals surface area contributed by atoms with E-state index in [1.807, 2.05) is 0 Å². The first-order valence-electron chi connectivity index (χ1n) is 7.92. The maximum atomic E-state index is 11.5. The molecule has 10 nitrogen and oxygen atoms in total. The quantitative estimate of drug-likeness (QED) is 0.361. The molecule has 1 rings (SSSR count). The molecule has 10 heteroatoms. The van der Waals surface area contributed by atoms with Crippen LogP contribution in [0.15, 0.2) is 12.1 Å². The van der Waals surface area contributed by atoms with Crippen LogP contribution >= 0.6 is 0 Å². The molecule has 2 amide bonds. The monoisotopic (exact) mass is 368 g/mol. The Morgan fingerprint density at radius 2 is 1.92 bits per heavy atom. The van der Waals surface area contributed by atoms with E-state index in [0.717, 1.165) is 6.07 Å². The molecule has 0 bridgehead atoms. The maximum absolute atomic E-state index is 11.5. The minimum atomic E-state index is -0.792. The number of anilines is 1. The highest BCUT2D eigenvalue weighted by molar-refractivity contribution is 5.95. The first-order chi connectivity index (χ1) is 12.0. The van der Waals surface area contributed by atoms with E-state index in [2.05, 4.69) is 10.6 Å². The predicted octanol–water partition coefficient (Wildman–Crippen LogP) is 2.03. The van der Waals surface area contributed by atoms with Crippen LogP contribution in [0.2, 0.25) is 0 Å². The molecule has 26 heavy (non-hydrogen) atoms. The zero-order chi connectivity index (χ0) is 19.9. The van der Waals surface area contributed by atoms with Gasteiger partial charge in [-0.25, -0.2) is 4.79 Å². The van der Waals surface area contributed by atoms with Crippen LogP contribution in [0.1, 0.15) is 37.6 Å². The molecule has 0 aliphatic rings. The van der Waals surface area contributed by atoms with E-state index in [9.17, 15) is 19.7 Å². The summed E-state index contributed by atoms with van der Waals surface area (Å²) in [4.78, 5) is 33.5. The van der Waals surface area contributed by atoms with Crippen molar-refractivity contribution in [3.8, 4) is 5.75 Å². The molecule has 0 saturated heterocycles. The molecule has 0 fully saturated rings. The lowest BCUT2D eigenvalue weighted by Crippen LogP contribution is -2.33. The molecule has 0 aliphatic carbocycles. The lowest BCUT2D eigenvalue weighted by molar-refractivity contribution is -0.384. The van der Waals surface area contributed by atoms with Gasteiger partial charge in [0.1, 0.15) is 11.4 Å². The van der Waals surface area contributed by atoms with Crippen molar-refractivity contribution in [3.05, 3.63) is 27.8 Å². The van der Waals surface area contributed by atoms with Gasteiger partial charge in [0, 0.05) is 24.7 Å². The third-order valence-corrected chi connectivity index (χ3v) is 3.11. The third kappa shape index (κ3) is 6.46. The number of benzene rings is 1. The summed E-state index contributed by atoms with van der Waals surface area (Å²) in [6.07, 6.45) is -0.0520. The fourth-order valence-electron chi connectivity index (χ4n) is 2.03. The van der Waals surface area contributed by atoms with Gasteiger partial charge in [-0.1, -0.05) is 0 Å². The number of amides is 2. The molecule has 0 atom stereocenters. The van der Waals surface area contributed by atoms with Gasteiger partial charge >= 0.3 is 6.09 Å². The number of carbonyl (C=O) groups is 2. The van der Waals surface area contributed by atoms with Gasteiger partial charge in [-0.15, -0.1) is 0 Å². The van der Waals surface area contributed by atoms with Crippen LogP contribution in [-0.4, -0.2) is 42.7 Å². The van der Waals surface area contributed by atoms with Gasteiger partial charge in [-0.3, -0.25) is 14.9 Å². The number of nitrogens with two attached hydrogens (primary N) is 1. The lowest BCUT2D eigenvalue weighted by atomic mass is 10.1. The van der Waals surface area contributed by atoms with Gasteiger partial charge in [-0.05, 0) is 33.3 Å². The van der Waals surface area contributed by atoms with Gasteiger partial charge in [0.2, 0.25) is 5.91 Å². The van der Waals surface area contributed by atoms with Gasteiger partial charge < -0.3 is 25.8 Å². The van der Waals surface area contributed by atoms with Crippen molar-refractivity contribution < 1.29 is 24.0 Å². The van der Waals surface area contributed by atoms with Crippen molar-refractivity contribution in [2.24, 2.45) is 5.73 Å². The third-order valence-electron chi connectivity index (χ3n) is 3.11. The Morgan fingerprint density at radius 1 is 1.27 bits per heavy atom. The van der Waals surface area contributed by atoms with E-state index in [4.69, 9.17) is 15.2 Å². The van der Waals surface area contributed by atoms with Gasteiger partial charge in [0.15, 0.2) is 5.69 Å². The molecule has 1 aromatic rings. The van der Waals surface area contributed by atoms with Gasteiger partial charge in [0.05, 0.1) is 12.0 Å². The number of nitro groups is 1. The number of hydrogen-bond donors (Lipinski definition) is 3. The van der Waals surface area contributed by atoms with Crippen molar-refractivity contribution in [1.29, 1.82) is 0 Å². The Labute approximate surface area is 151 Å².